The van der Waals surface area contributed by atoms with Crippen molar-refractivity contribution in [3.63, 3.8) is 0 Å². The molecule has 1 atom stereocenters. The second-order valence-electron chi connectivity index (χ2n) is 3.44. The lowest BCUT2D eigenvalue weighted by atomic mass is 10.2. The Bertz CT molecular complexity index is 436. The van der Waals surface area contributed by atoms with Gasteiger partial charge in [-0.1, -0.05) is 13.0 Å². The Labute approximate surface area is 97.7 Å². The summed E-state index contributed by atoms with van der Waals surface area (Å²) < 4.78 is 0. The smallest absolute Gasteiger partial charge is 0.254 e. The van der Waals surface area contributed by atoms with Crippen LogP contribution in [0.1, 0.15) is 34.6 Å². The summed E-state index contributed by atoms with van der Waals surface area (Å²) in [6.07, 6.45) is 4.00. The van der Waals surface area contributed by atoms with Crippen LogP contribution in [0.15, 0.2) is 29.9 Å². The zero-order chi connectivity index (χ0) is 11.4. The molecular formula is C11H13N3OS. The number of hydrogen-bond acceptors (Lipinski definition) is 3. The summed E-state index contributed by atoms with van der Waals surface area (Å²) in [6, 6.07) is 4.11. The minimum atomic E-state index is -0.0889. The average molecular weight is 235 g/mol. The molecule has 5 heteroatoms. The van der Waals surface area contributed by atoms with Crippen LogP contribution in [0.5, 0.6) is 0 Å². The summed E-state index contributed by atoms with van der Waals surface area (Å²) in [7, 11) is 0. The van der Waals surface area contributed by atoms with Gasteiger partial charge in [0.15, 0.2) is 0 Å². The fourth-order valence-corrected chi connectivity index (χ4v) is 2.34. The molecule has 0 aliphatic rings. The third-order valence-corrected chi connectivity index (χ3v) is 3.35. The predicted molar refractivity (Wildman–Crippen MR) is 63.4 cm³/mol. The minimum absolute atomic E-state index is 0.0856. The van der Waals surface area contributed by atoms with Crippen LogP contribution in [0.25, 0.3) is 0 Å². The maximum absolute atomic E-state index is 11.8. The number of rotatable bonds is 4. The van der Waals surface area contributed by atoms with Crippen LogP contribution >= 0.6 is 11.3 Å². The van der Waals surface area contributed by atoms with E-state index in [0.29, 0.717) is 5.56 Å². The van der Waals surface area contributed by atoms with Crippen molar-refractivity contribution in [2.75, 3.05) is 0 Å². The molecule has 0 spiro atoms. The number of carbonyl (C=O) groups excluding carboxylic acids is 1. The van der Waals surface area contributed by atoms with Gasteiger partial charge in [0, 0.05) is 11.1 Å². The first kappa shape index (κ1) is 10.9. The highest BCUT2D eigenvalue weighted by molar-refractivity contribution is 7.10. The Morgan fingerprint density at radius 1 is 1.69 bits per heavy atom. The fourth-order valence-electron chi connectivity index (χ4n) is 1.48. The predicted octanol–water partition coefficient (Wildman–Crippen LogP) is 2.35. The van der Waals surface area contributed by atoms with E-state index in [2.05, 4.69) is 22.4 Å². The lowest BCUT2D eigenvalue weighted by Gasteiger charge is -2.14. The number of amides is 1. The van der Waals surface area contributed by atoms with Gasteiger partial charge in [-0.25, -0.2) is 0 Å². The third-order valence-electron chi connectivity index (χ3n) is 2.36. The van der Waals surface area contributed by atoms with E-state index < -0.39 is 0 Å². The molecule has 1 unspecified atom stereocenters. The second kappa shape index (κ2) is 4.94. The number of nitrogens with one attached hydrogen (secondary N) is 2. The molecule has 0 aromatic carbocycles. The first-order valence-corrected chi connectivity index (χ1v) is 6.02. The molecule has 2 heterocycles. The molecule has 4 nitrogen and oxygen atoms in total. The molecule has 0 fully saturated rings. The second-order valence-corrected chi connectivity index (χ2v) is 4.42. The Hall–Kier alpha value is -1.62. The summed E-state index contributed by atoms with van der Waals surface area (Å²) in [5.41, 5.74) is 0.565. The molecule has 2 aromatic heterocycles. The van der Waals surface area contributed by atoms with E-state index in [9.17, 15) is 4.79 Å². The first-order valence-electron chi connectivity index (χ1n) is 5.14. The van der Waals surface area contributed by atoms with Gasteiger partial charge in [-0.2, -0.15) is 5.10 Å². The molecule has 0 bridgehead atoms. The SMILES string of the molecule is CCC(NC(=O)c1cn[nH]c1)c1cccs1. The van der Waals surface area contributed by atoms with Gasteiger partial charge in [-0.3, -0.25) is 9.89 Å². The van der Waals surface area contributed by atoms with Crippen LogP contribution in [0, 0.1) is 0 Å². The number of nitrogens with zero attached hydrogens (tertiary/aromatic N) is 1. The van der Waals surface area contributed by atoms with Crippen molar-refractivity contribution in [3.05, 3.63) is 40.3 Å². The Morgan fingerprint density at radius 2 is 2.56 bits per heavy atom. The van der Waals surface area contributed by atoms with Gasteiger partial charge in [0.05, 0.1) is 17.8 Å². The van der Waals surface area contributed by atoms with Crippen molar-refractivity contribution in [1.82, 2.24) is 15.5 Å². The fraction of sp³-hybridized carbons (Fsp3) is 0.273. The maximum Gasteiger partial charge on any atom is 0.254 e. The Balaban J connectivity index is 2.05. The molecule has 2 aromatic rings. The Kier molecular flexibility index (Phi) is 3.36. The molecule has 0 aliphatic carbocycles. The zero-order valence-corrected chi connectivity index (χ0v) is 9.75. The molecule has 2 N–H and O–H groups in total. The lowest BCUT2D eigenvalue weighted by Crippen LogP contribution is -2.27. The molecule has 0 saturated heterocycles. The zero-order valence-electron chi connectivity index (χ0n) is 8.93. The van der Waals surface area contributed by atoms with E-state index in [-0.39, 0.29) is 11.9 Å². The van der Waals surface area contributed by atoms with Gasteiger partial charge in [0.25, 0.3) is 5.91 Å². The van der Waals surface area contributed by atoms with Gasteiger partial charge < -0.3 is 5.32 Å². The van der Waals surface area contributed by atoms with Crippen molar-refractivity contribution < 1.29 is 4.79 Å². The van der Waals surface area contributed by atoms with Crippen LogP contribution in [-0.2, 0) is 0 Å². The van der Waals surface area contributed by atoms with Crippen LogP contribution in [0.2, 0.25) is 0 Å². The molecule has 1 amide bonds. The van der Waals surface area contributed by atoms with Gasteiger partial charge in [0.1, 0.15) is 0 Å². The molecule has 0 aliphatic heterocycles. The van der Waals surface area contributed by atoms with Crippen LogP contribution in [0.3, 0.4) is 0 Å². The average Bonchev–Trinajstić information content (AvgIpc) is 2.96. The van der Waals surface area contributed by atoms with E-state index in [1.165, 1.54) is 11.1 Å². The van der Waals surface area contributed by atoms with Gasteiger partial charge in [-0.15, -0.1) is 11.3 Å². The number of carbonyl (C=O) groups is 1. The number of H-pyrrole nitrogens is 1. The summed E-state index contributed by atoms with van der Waals surface area (Å²) >= 11 is 1.66. The normalized spacial score (nSPS) is 12.3. The summed E-state index contributed by atoms with van der Waals surface area (Å²) in [4.78, 5) is 13.0. The quantitative estimate of drug-likeness (QED) is 0.854. The van der Waals surface area contributed by atoms with E-state index in [1.807, 2.05) is 17.5 Å². The standard InChI is InChI=1S/C11H13N3OS/c1-2-9(10-4-3-5-16-10)14-11(15)8-6-12-13-7-8/h3-7,9H,2H2,1H3,(H,12,13)(H,14,15). The number of aromatic amines is 1. The summed E-state index contributed by atoms with van der Waals surface area (Å²) in [5, 5.41) is 11.4. The first-order chi connectivity index (χ1) is 7.81. The van der Waals surface area contributed by atoms with Crippen LogP contribution in [0.4, 0.5) is 0 Å². The largest absolute Gasteiger partial charge is 0.344 e. The van der Waals surface area contributed by atoms with Crippen molar-refractivity contribution >= 4 is 17.2 Å². The molecule has 0 radical (unpaired) electrons. The summed E-state index contributed by atoms with van der Waals surface area (Å²) in [6.45, 7) is 2.06. The molecule has 84 valence electrons. The van der Waals surface area contributed by atoms with Crippen molar-refractivity contribution in [1.29, 1.82) is 0 Å². The molecule has 16 heavy (non-hydrogen) atoms. The van der Waals surface area contributed by atoms with Gasteiger partial charge in [-0.05, 0) is 17.9 Å². The van der Waals surface area contributed by atoms with Gasteiger partial charge >= 0.3 is 0 Å². The minimum Gasteiger partial charge on any atom is -0.344 e. The number of aromatic nitrogens is 2. The number of hydrogen-bond donors (Lipinski definition) is 2. The summed E-state index contributed by atoms with van der Waals surface area (Å²) in [5.74, 6) is -0.0889. The molecule has 0 saturated carbocycles. The third kappa shape index (κ3) is 2.30. The van der Waals surface area contributed by atoms with Crippen LogP contribution in [-0.4, -0.2) is 16.1 Å². The molecule has 2 rings (SSSR count). The van der Waals surface area contributed by atoms with E-state index in [0.717, 1.165) is 6.42 Å². The molecular weight excluding hydrogens is 222 g/mol. The van der Waals surface area contributed by atoms with E-state index in [1.54, 1.807) is 17.5 Å². The van der Waals surface area contributed by atoms with Crippen molar-refractivity contribution in [3.8, 4) is 0 Å². The van der Waals surface area contributed by atoms with E-state index >= 15 is 0 Å². The Morgan fingerprint density at radius 3 is 3.12 bits per heavy atom. The van der Waals surface area contributed by atoms with E-state index in [4.69, 9.17) is 0 Å². The highest BCUT2D eigenvalue weighted by Gasteiger charge is 2.15. The van der Waals surface area contributed by atoms with Crippen molar-refractivity contribution in [2.24, 2.45) is 0 Å². The van der Waals surface area contributed by atoms with Crippen molar-refractivity contribution in [2.45, 2.75) is 19.4 Å². The highest BCUT2D eigenvalue weighted by Crippen LogP contribution is 2.21. The maximum atomic E-state index is 11.8. The monoisotopic (exact) mass is 235 g/mol. The lowest BCUT2D eigenvalue weighted by molar-refractivity contribution is 0.0936. The highest BCUT2D eigenvalue weighted by atomic mass is 32.1. The topological polar surface area (TPSA) is 57.8 Å². The van der Waals surface area contributed by atoms with Gasteiger partial charge in [0.2, 0.25) is 0 Å². The van der Waals surface area contributed by atoms with Crippen LogP contribution < -0.4 is 5.32 Å². The number of thiophene rings is 1.